The van der Waals surface area contributed by atoms with E-state index in [2.05, 4.69) is 17.7 Å². The van der Waals surface area contributed by atoms with E-state index in [9.17, 15) is 0 Å². The molecule has 0 aromatic rings. The number of nitrogens with one attached hydrogen (secondary N) is 2. The molecule has 0 saturated heterocycles. The highest BCUT2D eigenvalue weighted by molar-refractivity contribution is 5.29. The molecule has 0 unspecified atom stereocenters. The molecule has 0 saturated carbocycles. The number of hydrogen-bond acceptors (Lipinski definition) is 2. The fourth-order valence-corrected chi connectivity index (χ4v) is 1.92. The smallest absolute Gasteiger partial charge is 0.0171 e. The molecule has 2 rings (SSSR count). The average molecular weight is 138 g/mol. The Hall–Kier alpha value is -0.340. The van der Waals surface area contributed by atoms with Gasteiger partial charge in [0.25, 0.3) is 0 Å². The molecule has 1 aliphatic heterocycles. The molecule has 2 N–H and O–H groups in total. The van der Waals surface area contributed by atoms with Gasteiger partial charge in [0.05, 0.1) is 0 Å². The van der Waals surface area contributed by atoms with Crippen LogP contribution in [0.15, 0.2) is 11.1 Å². The Morgan fingerprint density at radius 2 is 1.90 bits per heavy atom. The lowest BCUT2D eigenvalue weighted by atomic mass is 10.2. The van der Waals surface area contributed by atoms with Crippen molar-refractivity contribution in [2.24, 2.45) is 0 Å². The van der Waals surface area contributed by atoms with E-state index in [4.69, 9.17) is 0 Å². The van der Waals surface area contributed by atoms with Gasteiger partial charge in [-0.15, -0.1) is 0 Å². The summed E-state index contributed by atoms with van der Waals surface area (Å²) in [6, 6.07) is 0.743. The highest BCUT2D eigenvalue weighted by atomic mass is 14.9. The van der Waals surface area contributed by atoms with E-state index in [1.54, 1.807) is 11.1 Å². The van der Waals surface area contributed by atoms with E-state index in [1.165, 1.54) is 12.8 Å². The van der Waals surface area contributed by atoms with Gasteiger partial charge in [-0.05, 0) is 19.9 Å². The first-order valence-electron chi connectivity index (χ1n) is 3.98. The minimum absolute atomic E-state index is 0.743. The molecule has 0 atom stereocenters. The maximum atomic E-state index is 3.37. The standard InChI is InChI=1S/C8H14N2/c1-9-8-2-6-4-10-5-7(6)3-8/h8-10H,2-5H2,1H3. The molecule has 0 spiro atoms. The summed E-state index contributed by atoms with van der Waals surface area (Å²) in [5, 5.41) is 6.69. The second kappa shape index (κ2) is 2.36. The van der Waals surface area contributed by atoms with Crippen LogP contribution in [0.5, 0.6) is 0 Å². The van der Waals surface area contributed by atoms with Crippen molar-refractivity contribution < 1.29 is 0 Å². The highest BCUT2D eigenvalue weighted by Gasteiger charge is 2.25. The zero-order valence-corrected chi connectivity index (χ0v) is 6.41. The van der Waals surface area contributed by atoms with E-state index in [1.807, 2.05) is 0 Å². The van der Waals surface area contributed by atoms with Crippen LogP contribution >= 0.6 is 0 Å². The monoisotopic (exact) mass is 138 g/mol. The van der Waals surface area contributed by atoms with Crippen LogP contribution in [0.1, 0.15) is 12.8 Å². The Kier molecular flexibility index (Phi) is 1.51. The summed E-state index contributed by atoms with van der Waals surface area (Å²) in [6.07, 6.45) is 2.55. The fourth-order valence-electron chi connectivity index (χ4n) is 1.92. The lowest BCUT2D eigenvalue weighted by molar-refractivity contribution is 0.569. The Bertz CT molecular complexity index is 156. The summed E-state index contributed by atoms with van der Waals surface area (Å²) in [7, 11) is 2.06. The zero-order valence-electron chi connectivity index (χ0n) is 6.41. The first-order valence-corrected chi connectivity index (χ1v) is 3.98. The largest absolute Gasteiger partial charge is 0.316 e. The van der Waals surface area contributed by atoms with Crippen LogP contribution in [-0.4, -0.2) is 26.2 Å². The van der Waals surface area contributed by atoms with Gasteiger partial charge in [0, 0.05) is 19.1 Å². The molecule has 1 aliphatic carbocycles. The minimum atomic E-state index is 0.743. The van der Waals surface area contributed by atoms with Gasteiger partial charge in [-0.25, -0.2) is 0 Å². The Morgan fingerprint density at radius 3 is 2.40 bits per heavy atom. The molecular weight excluding hydrogens is 124 g/mol. The summed E-state index contributed by atoms with van der Waals surface area (Å²) in [4.78, 5) is 0. The summed E-state index contributed by atoms with van der Waals surface area (Å²) in [5.41, 5.74) is 3.33. The molecule has 0 aromatic carbocycles. The first kappa shape index (κ1) is 6.38. The molecule has 10 heavy (non-hydrogen) atoms. The molecule has 0 radical (unpaired) electrons. The van der Waals surface area contributed by atoms with Crippen molar-refractivity contribution in [2.45, 2.75) is 18.9 Å². The topological polar surface area (TPSA) is 24.1 Å². The van der Waals surface area contributed by atoms with Gasteiger partial charge >= 0.3 is 0 Å². The first-order chi connectivity index (χ1) is 4.90. The maximum Gasteiger partial charge on any atom is 0.0171 e. The van der Waals surface area contributed by atoms with Crippen molar-refractivity contribution in [2.75, 3.05) is 20.1 Å². The van der Waals surface area contributed by atoms with E-state index < -0.39 is 0 Å². The molecule has 2 nitrogen and oxygen atoms in total. The molecule has 0 aromatic heterocycles. The van der Waals surface area contributed by atoms with Crippen molar-refractivity contribution in [3.8, 4) is 0 Å². The van der Waals surface area contributed by atoms with Gasteiger partial charge in [-0.1, -0.05) is 11.1 Å². The zero-order chi connectivity index (χ0) is 6.97. The third kappa shape index (κ3) is 0.879. The average Bonchev–Trinajstić information content (AvgIpc) is 2.42. The van der Waals surface area contributed by atoms with Crippen LogP contribution in [0.3, 0.4) is 0 Å². The van der Waals surface area contributed by atoms with Gasteiger partial charge < -0.3 is 10.6 Å². The molecule has 2 aliphatic rings. The molecule has 1 heterocycles. The second-order valence-electron chi connectivity index (χ2n) is 3.20. The SMILES string of the molecule is CNC1CC2=C(CNC2)C1. The molecule has 2 heteroatoms. The van der Waals surface area contributed by atoms with E-state index >= 15 is 0 Å². The van der Waals surface area contributed by atoms with Crippen molar-refractivity contribution in [3.05, 3.63) is 11.1 Å². The molecule has 0 bridgehead atoms. The lowest BCUT2D eigenvalue weighted by Crippen LogP contribution is -2.25. The minimum Gasteiger partial charge on any atom is -0.316 e. The van der Waals surface area contributed by atoms with Crippen molar-refractivity contribution >= 4 is 0 Å². The van der Waals surface area contributed by atoms with E-state index in [-0.39, 0.29) is 0 Å². The van der Waals surface area contributed by atoms with Crippen LogP contribution < -0.4 is 10.6 Å². The number of hydrogen-bond donors (Lipinski definition) is 2. The van der Waals surface area contributed by atoms with E-state index in [0.717, 1.165) is 19.1 Å². The third-order valence-corrected chi connectivity index (χ3v) is 2.57. The fraction of sp³-hybridized carbons (Fsp3) is 0.750. The van der Waals surface area contributed by atoms with Crippen molar-refractivity contribution in [3.63, 3.8) is 0 Å². The molecule has 0 fully saturated rings. The number of rotatable bonds is 1. The molecular formula is C8H14N2. The molecule has 0 amide bonds. The summed E-state index contributed by atoms with van der Waals surface area (Å²) < 4.78 is 0. The lowest BCUT2D eigenvalue weighted by Gasteiger charge is -2.09. The van der Waals surface area contributed by atoms with Crippen molar-refractivity contribution in [1.82, 2.24) is 10.6 Å². The van der Waals surface area contributed by atoms with Crippen LogP contribution in [0.25, 0.3) is 0 Å². The van der Waals surface area contributed by atoms with Gasteiger partial charge in [0.15, 0.2) is 0 Å². The Balaban J connectivity index is 2.03. The van der Waals surface area contributed by atoms with Gasteiger partial charge in [-0.3, -0.25) is 0 Å². The second-order valence-corrected chi connectivity index (χ2v) is 3.20. The predicted molar refractivity (Wildman–Crippen MR) is 42.0 cm³/mol. The normalized spacial score (nSPS) is 26.1. The van der Waals surface area contributed by atoms with Crippen LogP contribution in [0.2, 0.25) is 0 Å². The third-order valence-electron chi connectivity index (χ3n) is 2.57. The van der Waals surface area contributed by atoms with Gasteiger partial charge in [0.1, 0.15) is 0 Å². The Labute approximate surface area is 61.7 Å². The van der Waals surface area contributed by atoms with Crippen molar-refractivity contribution in [1.29, 1.82) is 0 Å². The quantitative estimate of drug-likeness (QED) is 0.508. The van der Waals surface area contributed by atoms with Gasteiger partial charge in [0.2, 0.25) is 0 Å². The predicted octanol–water partition coefficient (Wildman–Crippen LogP) is 0.268. The van der Waals surface area contributed by atoms with Crippen LogP contribution in [-0.2, 0) is 0 Å². The summed E-state index contributed by atoms with van der Waals surface area (Å²) in [5.74, 6) is 0. The Morgan fingerprint density at radius 1 is 1.30 bits per heavy atom. The van der Waals surface area contributed by atoms with E-state index in [0.29, 0.717) is 0 Å². The van der Waals surface area contributed by atoms with Crippen LogP contribution in [0, 0.1) is 0 Å². The van der Waals surface area contributed by atoms with Crippen LogP contribution in [0.4, 0.5) is 0 Å². The molecule has 56 valence electrons. The summed E-state index contributed by atoms with van der Waals surface area (Å²) in [6.45, 7) is 2.29. The van der Waals surface area contributed by atoms with Gasteiger partial charge in [-0.2, -0.15) is 0 Å². The summed E-state index contributed by atoms with van der Waals surface area (Å²) >= 11 is 0. The maximum absolute atomic E-state index is 3.37. The highest BCUT2D eigenvalue weighted by Crippen LogP contribution is 2.28.